The van der Waals surface area contributed by atoms with E-state index in [0.717, 1.165) is 17.1 Å². The van der Waals surface area contributed by atoms with Gasteiger partial charge in [0.25, 0.3) is 0 Å². The predicted octanol–water partition coefficient (Wildman–Crippen LogP) is 4.18. The molecule has 2 amide bonds. The molecule has 2 rings (SSSR count). The number of thioether (sulfide) groups is 1. The predicted molar refractivity (Wildman–Crippen MR) is 124 cm³/mol. The number of nitrogens with zero attached hydrogens (tertiary/aromatic N) is 1. The number of aryl methyl sites for hydroxylation is 1. The van der Waals surface area contributed by atoms with Gasteiger partial charge < -0.3 is 15.0 Å². The van der Waals surface area contributed by atoms with Gasteiger partial charge in [0, 0.05) is 18.3 Å². The van der Waals surface area contributed by atoms with E-state index in [9.17, 15) is 9.59 Å². The van der Waals surface area contributed by atoms with E-state index >= 15 is 0 Å². The van der Waals surface area contributed by atoms with Gasteiger partial charge in [0.15, 0.2) is 0 Å². The first-order valence-electron chi connectivity index (χ1n) is 10.2. The molecule has 0 radical (unpaired) electrons. The molecule has 0 bridgehead atoms. The Labute approximate surface area is 184 Å². The van der Waals surface area contributed by atoms with Crippen molar-refractivity contribution in [3.63, 3.8) is 0 Å². The lowest BCUT2D eigenvalue weighted by Gasteiger charge is -2.29. The highest BCUT2D eigenvalue weighted by Gasteiger charge is 2.26. The molecule has 0 aliphatic rings. The monoisotopic (exact) mass is 428 g/mol. The van der Waals surface area contributed by atoms with Crippen LogP contribution < -0.4 is 10.1 Å². The van der Waals surface area contributed by atoms with Gasteiger partial charge in [-0.3, -0.25) is 9.59 Å². The van der Waals surface area contributed by atoms with Crippen LogP contribution in [0.2, 0.25) is 0 Å². The average molecular weight is 429 g/mol. The molecule has 162 valence electrons. The molecule has 0 heterocycles. The summed E-state index contributed by atoms with van der Waals surface area (Å²) in [5.41, 5.74) is 3.33. The van der Waals surface area contributed by atoms with Gasteiger partial charge in [0.2, 0.25) is 11.8 Å². The lowest BCUT2D eigenvalue weighted by atomic mass is 10.1. The number of amides is 2. The van der Waals surface area contributed by atoms with Gasteiger partial charge in [0.1, 0.15) is 11.8 Å². The summed E-state index contributed by atoms with van der Waals surface area (Å²) in [6.45, 7) is 8.02. The maximum absolute atomic E-state index is 13.1. The van der Waals surface area contributed by atoms with Crippen LogP contribution in [0.1, 0.15) is 37.5 Å². The van der Waals surface area contributed by atoms with Crippen molar-refractivity contribution in [2.75, 3.05) is 12.9 Å². The van der Waals surface area contributed by atoms with Crippen LogP contribution >= 0.6 is 11.8 Å². The maximum Gasteiger partial charge on any atom is 0.242 e. The fourth-order valence-electron chi connectivity index (χ4n) is 3.10. The topological polar surface area (TPSA) is 58.6 Å². The van der Waals surface area contributed by atoms with Gasteiger partial charge in [0.05, 0.1) is 12.9 Å². The SMILES string of the molecule is COc1cccc(CN(C(=O)CSCc2cccc(C)c2)[C@H](C)C(=O)NC(C)C)c1. The lowest BCUT2D eigenvalue weighted by Crippen LogP contribution is -2.49. The second-order valence-electron chi connectivity index (χ2n) is 7.69. The van der Waals surface area contributed by atoms with E-state index < -0.39 is 6.04 Å². The van der Waals surface area contributed by atoms with Crippen LogP contribution in [0, 0.1) is 6.92 Å². The molecule has 0 aliphatic carbocycles. The molecule has 30 heavy (non-hydrogen) atoms. The fraction of sp³-hybridized carbons (Fsp3) is 0.417. The molecular weight excluding hydrogens is 396 g/mol. The largest absolute Gasteiger partial charge is 0.497 e. The molecule has 0 aliphatic heterocycles. The minimum atomic E-state index is -0.564. The van der Waals surface area contributed by atoms with Crippen molar-refractivity contribution in [3.8, 4) is 5.75 Å². The first-order valence-corrected chi connectivity index (χ1v) is 11.3. The molecule has 0 unspecified atom stereocenters. The number of hydrogen-bond acceptors (Lipinski definition) is 4. The number of methoxy groups -OCH3 is 1. The van der Waals surface area contributed by atoms with Gasteiger partial charge >= 0.3 is 0 Å². The van der Waals surface area contributed by atoms with Crippen LogP contribution in [0.3, 0.4) is 0 Å². The third-order valence-electron chi connectivity index (χ3n) is 4.66. The summed E-state index contributed by atoms with van der Waals surface area (Å²) < 4.78 is 5.29. The van der Waals surface area contributed by atoms with Crippen molar-refractivity contribution in [2.45, 2.75) is 52.1 Å². The van der Waals surface area contributed by atoms with Crippen LogP contribution in [0.15, 0.2) is 48.5 Å². The fourth-order valence-corrected chi connectivity index (χ4v) is 3.95. The normalized spacial score (nSPS) is 11.8. The average Bonchev–Trinajstić information content (AvgIpc) is 2.71. The Morgan fingerprint density at radius 1 is 1.07 bits per heavy atom. The third-order valence-corrected chi connectivity index (χ3v) is 5.65. The van der Waals surface area contributed by atoms with Gasteiger partial charge in [-0.25, -0.2) is 0 Å². The highest BCUT2D eigenvalue weighted by molar-refractivity contribution is 7.99. The Kier molecular flexibility index (Phi) is 9.24. The number of nitrogens with one attached hydrogen (secondary N) is 1. The van der Waals surface area contributed by atoms with Crippen LogP contribution in [0.4, 0.5) is 0 Å². The molecular formula is C24H32N2O3S. The summed E-state index contributed by atoms with van der Waals surface area (Å²) in [7, 11) is 1.61. The first-order chi connectivity index (χ1) is 14.3. The summed E-state index contributed by atoms with van der Waals surface area (Å²) in [5, 5.41) is 2.91. The molecule has 1 N–H and O–H groups in total. The summed E-state index contributed by atoms with van der Waals surface area (Å²) in [5.74, 6) is 1.60. The number of carbonyl (C=O) groups is 2. The third kappa shape index (κ3) is 7.41. The molecule has 6 heteroatoms. The Morgan fingerprint density at radius 2 is 1.77 bits per heavy atom. The van der Waals surface area contributed by atoms with Crippen molar-refractivity contribution in [3.05, 3.63) is 65.2 Å². The quantitative estimate of drug-likeness (QED) is 0.617. The van der Waals surface area contributed by atoms with Crippen molar-refractivity contribution in [1.29, 1.82) is 0 Å². The standard InChI is InChI=1S/C24H32N2O3S/c1-17(2)25-24(28)19(4)26(14-20-9-7-11-22(13-20)29-5)23(27)16-30-15-21-10-6-8-18(3)12-21/h6-13,17,19H,14-16H2,1-5H3,(H,25,28)/t19-/m1/s1. The number of ether oxygens (including phenoxy) is 1. The summed E-state index contributed by atoms with van der Waals surface area (Å²) in [4.78, 5) is 27.3. The van der Waals surface area contributed by atoms with E-state index in [4.69, 9.17) is 4.74 Å². The van der Waals surface area contributed by atoms with Crippen LogP contribution in [-0.2, 0) is 21.9 Å². The van der Waals surface area contributed by atoms with Crippen LogP contribution in [0.25, 0.3) is 0 Å². The summed E-state index contributed by atoms with van der Waals surface area (Å²) >= 11 is 1.57. The Morgan fingerprint density at radius 3 is 2.43 bits per heavy atom. The van der Waals surface area contributed by atoms with Gasteiger partial charge in [-0.1, -0.05) is 42.0 Å². The van der Waals surface area contributed by atoms with Crippen molar-refractivity contribution in [2.24, 2.45) is 0 Å². The van der Waals surface area contributed by atoms with Gasteiger partial charge in [-0.05, 0) is 51.0 Å². The van der Waals surface area contributed by atoms with Crippen LogP contribution in [-0.4, -0.2) is 41.7 Å². The zero-order valence-electron chi connectivity index (χ0n) is 18.5. The van der Waals surface area contributed by atoms with Gasteiger partial charge in [-0.2, -0.15) is 0 Å². The van der Waals surface area contributed by atoms with Crippen molar-refractivity contribution < 1.29 is 14.3 Å². The molecule has 1 atom stereocenters. The first kappa shape index (κ1) is 23.8. The second kappa shape index (κ2) is 11.6. The van der Waals surface area contributed by atoms with E-state index in [-0.39, 0.29) is 17.9 Å². The summed E-state index contributed by atoms with van der Waals surface area (Å²) in [6.07, 6.45) is 0. The maximum atomic E-state index is 13.1. The van der Waals surface area contributed by atoms with E-state index in [1.165, 1.54) is 11.1 Å². The van der Waals surface area contributed by atoms with Crippen molar-refractivity contribution >= 4 is 23.6 Å². The molecule has 0 saturated carbocycles. The molecule has 0 aromatic heterocycles. The highest BCUT2D eigenvalue weighted by atomic mass is 32.2. The number of hydrogen-bond donors (Lipinski definition) is 1. The molecule has 5 nitrogen and oxygen atoms in total. The Bertz CT molecular complexity index is 854. The molecule has 2 aromatic rings. The molecule has 0 spiro atoms. The zero-order valence-corrected chi connectivity index (χ0v) is 19.3. The smallest absolute Gasteiger partial charge is 0.242 e. The Hall–Kier alpha value is -2.47. The molecule has 0 saturated heterocycles. The van der Waals surface area contributed by atoms with E-state index in [2.05, 4.69) is 30.4 Å². The van der Waals surface area contributed by atoms with Gasteiger partial charge in [-0.15, -0.1) is 11.8 Å². The van der Waals surface area contributed by atoms with E-state index in [1.807, 2.05) is 44.2 Å². The second-order valence-corrected chi connectivity index (χ2v) is 8.68. The molecule has 0 fully saturated rings. The summed E-state index contributed by atoms with van der Waals surface area (Å²) in [6, 6.07) is 15.3. The lowest BCUT2D eigenvalue weighted by molar-refractivity contribution is -0.138. The van der Waals surface area contributed by atoms with E-state index in [1.54, 1.807) is 30.7 Å². The molecule has 2 aromatic carbocycles. The Balaban J connectivity index is 2.10. The number of benzene rings is 2. The van der Waals surface area contributed by atoms with E-state index in [0.29, 0.717) is 12.3 Å². The highest BCUT2D eigenvalue weighted by Crippen LogP contribution is 2.19. The number of rotatable bonds is 10. The minimum Gasteiger partial charge on any atom is -0.497 e. The number of carbonyl (C=O) groups excluding carboxylic acids is 2. The van der Waals surface area contributed by atoms with Crippen LogP contribution in [0.5, 0.6) is 5.75 Å². The zero-order chi connectivity index (χ0) is 22.1. The van der Waals surface area contributed by atoms with Crippen molar-refractivity contribution in [1.82, 2.24) is 10.2 Å². The minimum absolute atomic E-state index is 0.0180.